The smallest absolute Gasteiger partial charge is 0.293 e. The summed E-state index contributed by atoms with van der Waals surface area (Å²) in [4.78, 5) is 27.0. The highest BCUT2D eigenvalue weighted by Gasteiger charge is 2.35. The van der Waals surface area contributed by atoms with Gasteiger partial charge in [-0.2, -0.15) is 0 Å². The predicted octanol–water partition coefficient (Wildman–Crippen LogP) is 7.32. The second kappa shape index (κ2) is 11.1. The Labute approximate surface area is 215 Å². The van der Waals surface area contributed by atoms with Gasteiger partial charge in [-0.1, -0.05) is 54.1 Å². The minimum atomic E-state index is -0.309. The highest BCUT2D eigenvalue weighted by Crippen LogP contribution is 2.40. The fourth-order valence-corrected chi connectivity index (χ4v) is 4.90. The molecule has 1 aliphatic rings. The van der Waals surface area contributed by atoms with Crippen molar-refractivity contribution in [2.45, 2.75) is 20.1 Å². The Morgan fingerprint density at radius 1 is 1.00 bits per heavy atom. The Kier molecular flexibility index (Phi) is 7.98. The third-order valence-electron chi connectivity index (χ3n) is 4.98. The summed E-state index contributed by atoms with van der Waals surface area (Å²) in [7, 11) is 0. The van der Waals surface area contributed by atoms with Crippen LogP contribution in [-0.4, -0.2) is 22.7 Å². The van der Waals surface area contributed by atoms with Crippen LogP contribution in [0, 0.1) is 0 Å². The topological polar surface area (TPSA) is 55.8 Å². The van der Waals surface area contributed by atoms with E-state index in [0.717, 1.165) is 28.5 Å². The van der Waals surface area contributed by atoms with E-state index in [1.165, 1.54) is 4.90 Å². The minimum absolute atomic E-state index is 0.244. The molecule has 0 N–H and O–H groups in total. The van der Waals surface area contributed by atoms with E-state index in [0.29, 0.717) is 39.1 Å². The average Bonchev–Trinajstić information content (AvgIpc) is 3.08. The first-order valence-corrected chi connectivity index (χ1v) is 12.6. The Balaban J connectivity index is 1.55. The molecular weight excluding hydrogens is 538 g/mol. The molecule has 0 saturated carbocycles. The van der Waals surface area contributed by atoms with Crippen LogP contribution in [0.5, 0.6) is 11.5 Å². The van der Waals surface area contributed by atoms with Gasteiger partial charge in [0.2, 0.25) is 0 Å². The van der Waals surface area contributed by atoms with Crippen LogP contribution in [0.3, 0.4) is 0 Å². The first-order chi connectivity index (χ1) is 16.4. The third-order valence-corrected chi connectivity index (χ3v) is 6.73. The van der Waals surface area contributed by atoms with Crippen molar-refractivity contribution in [3.63, 3.8) is 0 Å². The van der Waals surface area contributed by atoms with Crippen LogP contribution in [0.15, 0.2) is 76.1 Å². The van der Waals surface area contributed by atoms with E-state index in [1.807, 2.05) is 67.6 Å². The monoisotopic (exact) mass is 557 g/mol. The van der Waals surface area contributed by atoms with Gasteiger partial charge in [0.1, 0.15) is 6.61 Å². The number of halogens is 2. The molecule has 1 heterocycles. The molecule has 34 heavy (non-hydrogen) atoms. The summed E-state index contributed by atoms with van der Waals surface area (Å²) in [6.45, 7) is 2.92. The molecular formula is C26H21BrClNO4S. The first-order valence-electron chi connectivity index (χ1n) is 10.6. The second-order valence-electron chi connectivity index (χ2n) is 7.43. The number of carbonyl (C=O) groups is 2. The van der Waals surface area contributed by atoms with Crippen molar-refractivity contribution in [3.8, 4) is 11.5 Å². The SMILES string of the molecule is CCOc1cc(/C=C2\SC(=O)N(Cc3ccccc3)C2=O)cc(Br)c1OCc1ccc(Cl)cc1. The highest BCUT2D eigenvalue weighted by atomic mass is 79.9. The average molecular weight is 559 g/mol. The number of thioether (sulfide) groups is 1. The van der Waals surface area contributed by atoms with Gasteiger partial charge in [-0.15, -0.1) is 0 Å². The summed E-state index contributed by atoms with van der Waals surface area (Å²) in [5.74, 6) is 0.794. The van der Waals surface area contributed by atoms with Gasteiger partial charge >= 0.3 is 0 Å². The molecule has 1 saturated heterocycles. The molecule has 3 aromatic carbocycles. The molecule has 0 aliphatic carbocycles. The molecule has 0 bridgehead atoms. The van der Waals surface area contributed by atoms with E-state index in [-0.39, 0.29) is 17.7 Å². The number of hydrogen-bond donors (Lipinski definition) is 0. The van der Waals surface area contributed by atoms with Gasteiger partial charge in [-0.25, -0.2) is 0 Å². The Hall–Kier alpha value is -2.74. The number of amides is 2. The molecule has 0 unspecified atom stereocenters. The van der Waals surface area contributed by atoms with Crippen molar-refractivity contribution in [1.29, 1.82) is 0 Å². The summed E-state index contributed by atoms with van der Waals surface area (Å²) in [5.41, 5.74) is 2.59. The summed E-state index contributed by atoms with van der Waals surface area (Å²) in [5, 5.41) is 0.379. The number of imide groups is 1. The van der Waals surface area contributed by atoms with E-state index < -0.39 is 0 Å². The van der Waals surface area contributed by atoms with Gasteiger partial charge in [0, 0.05) is 5.02 Å². The lowest BCUT2D eigenvalue weighted by molar-refractivity contribution is -0.123. The molecule has 4 rings (SSSR count). The van der Waals surface area contributed by atoms with Crippen molar-refractivity contribution in [3.05, 3.63) is 97.8 Å². The van der Waals surface area contributed by atoms with Gasteiger partial charge in [-0.3, -0.25) is 14.5 Å². The van der Waals surface area contributed by atoms with E-state index >= 15 is 0 Å². The molecule has 1 aliphatic heterocycles. The van der Waals surface area contributed by atoms with Crippen molar-refractivity contribution in [2.75, 3.05) is 6.61 Å². The Morgan fingerprint density at radius 3 is 2.44 bits per heavy atom. The van der Waals surface area contributed by atoms with Crippen molar-refractivity contribution in [2.24, 2.45) is 0 Å². The molecule has 3 aromatic rings. The minimum Gasteiger partial charge on any atom is -0.490 e. The summed E-state index contributed by atoms with van der Waals surface area (Å²) >= 11 is 10.4. The zero-order valence-corrected chi connectivity index (χ0v) is 21.5. The summed E-state index contributed by atoms with van der Waals surface area (Å²) in [6.07, 6.45) is 1.70. The van der Waals surface area contributed by atoms with E-state index in [9.17, 15) is 9.59 Å². The third kappa shape index (κ3) is 5.84. The maximum atomic E-state index is 12.9. The normalized spacial score (nSPS) is 14.7. The number of benzene rings is 3. The molecule has 1 fully saturated rings. The lowest BCUT2D eigenvalue weighted by Crippen LogP contribution is -2.27. The van der Waals surface area contributed by atoms with E-state index in [1.54, 1.807) is 12.1 Å². The molecule has 0 atom stereocenters. The van der Waals surface area contributed by atoms with Crippen molar-refractivity contribution in [1.82, 2.24) is 4.90 Å². The van der Waals surface area contributed by atoms with Crippen molar-refractivity contribution < 1.29 is 19.1 Å². The quantitative estimate of drug-likeness (QED) is 0.271. The number of nitrogens with zero attached hydrogens (tertiary/aromatic N) is 1. The molecule has 0 spiro atoms. The predicted molar refractivity (Wildman–Crippen MR) is 139 cm³/mol. The van der Waals surface area contributed by atoms with Crippen LogP contribution in [0.4, 0.5) is 4.79 Å². The standard InChI is InChI=1S/C26H21BrClNO4S/c1-2-32-22-13-19(12-21(27)24(22)33-16-18-8-10-20(28)11-9-18)14-23-25(30)29(26(31)34-23)15-17-6-4-3-5-7-17/h3-14H,2,15-16H2,1H3/b23-14-. The summed E-state index contributed by atoms with van der Waals surface area (Å²) in [6, 6.07) is 20.5. The zero-order valence-electron chi connectivity index (χ0n) is 18.3. The number of rotatable bonds is 8. The molecule has 0 radical (unpaired) electrons. The maximum Gasteiger partial charge on any atom is 0.293 e. The van der Waals surface area contributed by atoms with E-state index in [2.05, 4.69) is 15.9 Å². The molecule has 174 valence electrons. The lowest BCUT2D eigenvalue weighted by Gasteiger charge is -2.15. The van der Waals surface area contributed by atoms with E-state index in [4.69, 9.17) is 21.1 Å². The maximum absolute atomic E-state index is 12.9. The van der Waals surface area contributed by atoms with Gasteiger partial charge in [0.15, 0.2) is 11.5 Å². The summed E-state index contributed by atoms with van der Waals surface area (Å²) < 4.78 is 12.5. The first kappa shape index (κ1) is 24.4. The zero-order chi connectivity index (χ0) is 24.1. The van der Waals surface area contributed by atoms with Crippen LogP contribution >= 0.6 is 39.3 Å². The van der Waals surface area contributed by atoms with Crippen LogP contribution < -0.4 is 9.47 Å². The van der Waals surface area contributed by atoms with Gasteiger partial charge in [0.25, 0.3) is 11.1 Å². The molecule has 5 nitrogen and oxygen atoms in total. The fraction of sp³-hybridized carbons (Fsp3) is 0.154. The number of hydrogen-bond acceptors (Lipinski definition) is 5. The molecule has 2 amide bonds. The van der Waals surface area contributed by atoms with Gasteiger partial charge in [-0.05, 0) is 81.6 Å². The number of ether oxygens (including phenoxy) is 2. The van der Waals surface area contributed by atoms with Crippen molar-refractivity contribution >= 4 is 56.5 Å². The van der Waals surface area contributed by atoms with Gasteiger partial charge in [0.05, 0.1) is 22.5 Å². The van der Waals surface area contributed by atoms with Crippen LogP contribution in [0.2, 0.25) is 5.02 Å². The van der Waals surface area contributed by atoms with Crippen LogP contribution in [0.25, 0.3) is 6.08 Å². The molecule has 8 heteroatoms. The second-order valence-corrected chi connectivity index (χ2v) is 9.72. The lowest BCUT2D eigenvalue weighted by atomic mass is 10.1. The van der Waals surface area contributed by atoms with Crippen LogP contribution in [-0.2, 0) is 17.9 Å². The highest BCUT2D eigenvalue weighted by molar-refractivity contribution is 9.10. The van der Waals surface area contributed by atoms with Crippen LogP contribution in [0.1, 0.15) is 23.6 Å². The number of carbonyl (C=O) groups excluding carboxylic acids is 2. The Morgan fingerprint density at radius 2 is 1.74 bits per heavy atom. The largest absolute Gasteiger partial charge is 0.490 e. The fourth-order valence-electron chi connectivity index (χ4n) is 3.36. The van der Waals surface area contributed by atoms with Gasteiger partial charge < -0.3 is 9.47 Å². The molecule has 0 aromatic heterocycles. The Bertz CT molecular complexity index is 1230.